The number of halogens is 1. The van der Waals surface area contributed by atoms with Crippen LogP contribution < -0.4 is 10.1 Å². The van der Waals surface area contributed by atoms with Gasteiger partial charge >= 0.3 is 0 Å². The second-order valence-electron chi connectivity index (χ2n) is 4.92. The normalized spacial score (nSPS) is 11.0. The van der Waals surface area contributed by atoms with Gasteiger partial charge in [-0.25, -0.2) is 0 Å². The van der Waals surface area contributed by atoms with E-state index in [9.17, 15) is 0 Å². The summed E-state index contributed by atoms with van der Waals surface area (Å²) < 4.78 is 10.8. The van der Waals surface area contributed by atoms with Crippen molar-refractivity contribution in [2.24, 2.45) is 5.92 Å². The monoisotopic (exact) mass is 285 g/mol. The SMILES string of the molecule is COc1cccc(Cl)c1CNCCCOCC(C)C. The fourth-order valence-corrected chi connectivity index (χ4v) is 1.97. The van der Waals surface area contributed by atoms with Crippen LogP contribution in [0.25, 0.3) is 0 Å². The molecule has 0 radical (unpaired) electrons. The topological polar surface area (TPSA) is 30.5 Å². The zero-order valence-electron chi connectivity index (χ0n) is 12.0. The largest absolute Gasteiger partial charge is 0.496 e. The molecule has 1 aromatic rings. The molecule has 1 N–H and O–H groups in total. The summed E-state index contributed by atoms with van der Waals surface area (Å²) in [5.41, 5.74) is 1.01. The van der Waals surface area contributed by atoms with Gasteiger partial charge in [-0.3, -0.25) is 0 Å². The van der Waals surface area contributed by atoms with Crippen molar-refractivity contribution in [2.45, 2.75) is 26.8 Å². The minimum Gasteiger partial charge on any atom is -0.496 e. The van der Waals surface area contributed by atoms with E-state index in [-0.39, 0.29) is 0 Å². The molecule has 0 amide bonds. The van der Waals surface area contributed by atoms with Crippen LogP contribution in [0.4, 0.5) is 0 Å². The van der Waals surface area contributed by atoms with E-state index >= 15 is 0 Å². The van der Waals surface area contributed by atoms with Crippen molar-refractivity contribution in [1.29, 1.82) is 0 Å². The molecule has 0 aliphatic carbocycles. The highest BCUT2D eigenvalue weighted by Crippen LogP contribution is 2.25. The highest BCUT2D eigenvalue weighted by Gasteiger charge is 2.06. The van der Waals surface area contributed by atoms with E-state index in [2.05, 4.69) is 19.2 Å². The molecule has 0 spiro atoms. The predicted octanol–water partition coefficient (Wildman–Crippen LogP) is 3.50. The molecule has 0 saturated heterocycles. The Morgan fingerprint density at radius 2 is 2.11 bits per heavy atom. The highest BCUT2D eigenvalue weighted by atomic mass is 35.5. The minimum atomic E-state index is 0.598. The van der Waals surface area contributed by atoms with E-state index in [0.717, 1.165) is 42.5 Å². The summed E-state index contributed by atoms with van der Waals surface area (Å²) in [6.45, 7) is 7.56. The quantitative estimate of drug-likeness (QED) is 0.705. The lowest BCUT2D eigenvalue weighted by atomic mass is 10.2. The van der Waals surface area contributed by atoms with E-state index in [1.807, 2.05) is 18.2 Å². The average Bonchev–Trinajstić information content (AvgIpc) is 2.38. The summed E-state index contributed by atoms with van der Waals surface area (Å²) in [6, 6.07) is 5.70. The van der Waals surface area contributed by atoms with Gasteiger partial charge in [0, 0.05) is 30.3 Å². The number of hydrogen-bond acceptors (Lipinski definition) is 3. The number of hydrogen-bond donors (Lipinski definition) is 1. The van der Waals surface area contributed by atoms with Gasteiger partial charge in [0.25, 0.3) is 0 Å². The van der Waals surface area contributed by atoms with Crippen LogP contribution in [0, 0.1) is 5.92 Å². The van der Waals surface area contributed by atoms with Crippen molar-refractivity contribution in [1.82, 2.24) is 5.32 Å². The summed E-state index contributed by atoms with van der Waals surface area (Å²) in [7, 11) is 1.66. The van der Waals surface area contributed by atoms with Crippen molar-refractivity contribution in [2.75, 3.05) is 26.9 Å². The van der Waals surface area contributed by atoms with Crippen molar-refractivity contribution in [3.05, 3.63) is 28.8 Å². The molecule has 4 heteroatoms. The minimum absolute atomic E-state index is 0.598. The lowest BCUT2D eigenvalue weighted by molar-refractivity contribution is 0.108. The van der Waals surface area contributed by atoms with E-state index in [1.165, 1.54) is 0 Å². The van der Waals surface area contributed by atoms with Gasteiger partial charge in [-0.05, 0) is 31.0 Å². The second-order valence-corrected chi connectivity index (χ2v) is 5.33. The van der Waals surface area contributed by atoms with Crippen molar-refractivity contribution >= 4 is 11.6 Å². The van der Waals surface area contributed by atoms with Crippen LogP contribution in [0.5, 0.6) is 5.75 Å². The Balaban J connectivity index is 2.22. The maximum absolute atomic E-state index is 6.16. The van der Waals surface area contributed by atoms with E-state index in [0.29, 0.717) is 12.5 Å². The number of benzene rings is 1. The maximum atomic E-state index is 6.16. The summed E-state index contributed by atoms with van der Waals surface area (Å²) in [5.74, 6) is 1.43. The zero-order chi connectivity index (χ0) is 14.1. The number of rotatable bonds is 9. The second kappa shape index (κ2) is 9.18. The van der Waals surface area contributed by atoms with Gasteiger partial charge in [0.15, 0.2) is 0 Å². The molecule has 0 aromatic heterocycles. The smallest absolute Gasteiger partial charge is 0.124 e. The van der Waals surface area contributed by atoms with Crippen LogP contribution in [0.3, 0.4) is 0 Å². The number of nitrogens with one attached hydrogen (secondary N) is 1. The third-order valence-corrected chi connectivity index (χ3v) is 3.05. The fraction of sp³-hybridized carbons (Fsp3) is 0.600. The first-order valence-corrected chi connectivity index (χ1v) is 7.12. The highest BCUT2D eigenvalue weighted by molar-refractivity contribution is 6.31. The van der Waals surface area contributed by atoms with Crippen molar-refractivity contribution in [3.8, 4) is 5.75 Å². The van der Waals surface area contributed by atoms with Gasteiger partial charge in [0.1, 0.15) is 5.75 Å². The Morgan fingerprint density at radius 3 is 2.79 bits per heavy atom. The molecule has 19 heavy (non-hydrogen) atoms. The Bertz CT molecular complexity index is 369. The molecule has 0 heterocycles. The first-order chi connectivity index (χ1) is 9.15. The van der Waals surface area contributed by atoms with Gasteiger partial charge in [-0.2, -0.15) is 0 Å². The van der Waals surface area contributed by atoms with Crippen LogP contribution in [-0.2, 0) is 11.3 Å². The summed E-state index contributed by atoms with van der Waals surface area (Å²) in [5, 5.41) is 4.10. The summed E-state index contributed by atoms with van der Waals surface area (Å²) in [4.78, 5) is 0. The van der Waals surface area contributed by atoms with Crippen molar-refractivity contribution in [3.63, 3.8) is 0 Å². The van der Waals surface area contributed by atoms with Crippen LogP contribution in [0.15, 0.2) is 18.2 Å². The van der Waals surface area contributed by atoms with Crippen LogP contribution >= 0.6 is 11.6 Å². The number of ether oxygens (including phenoxy) is 2. The Hall–Kier alpha value is -0.770. The molecule has 0 aliphatic rings. The number of methoxy groups -OCH3 is 1. The molecule has 0 saturated carbocycles. The average molecular weight is 286 g/mol. The van der Waals surface area contributed by atoms with Crippen LogP contribution in [0.1, 0.15) is 25.8 Å². The third-order valence-electron chi connectivity index (χ3n) is 2.69. The maximum Gasteiger partial charge on any atom is 0.124 e. The van der Waals surface area contributed by atoms with Crippen LogP contribution in [-0.4, -0.2) is 26.9 Å². The first-order valence-electron chi connectivity index (χ1n) is 6.75. The molecular weight excluding hydrogens is 262 g/mol. The molecule has 1 rings (SSSR count). The van der Waals surface area contributed by atoms with Gasteiger partial charge in [0.05, 0.1) is 7.11 Å². The van der Waals surface area contributed by atoms with Gasteiger partial charge in [-0.15, -0.1) is 0 Å². The Kier molecular flexibility index (Phi) is 7.87. The molecule has 1 aromatic carbocycles. The van der Waals surface area contributed by atoms with E-state index in [4.69, 9.17) is 21.1 Å². The molecule has 0 aliphatic heterocycles. The van der Waals surface area contributed by atoms with Crippen molar-refractivity contribution < 1.29 is 9.47 Å². The van der Waals surface area contributed by atoms with E-state index < -0.39 is 0 Å². The molecule has 108 valence electrons. The Morgan fingerprint density at radius 1 is 1.32 bits per heavy atom. The van der Waals surface area contributed by atoms with E-state index in [1.54, 1.807) is 7.11 Å². The molecule has 0 bridgehead atoms. The molecular formula is C15H24ClNO2. The first kappa shape index (κ1) is 16.3. The molecule has 0 atom stereocenters. The van der Waals surface area contributed by atoms with Gasteiger partial charge < -0.3 is 14.8 Å². The lowest BCUT2D eigenvalue weighted by Crippen LogP contribution is -2.17. The zero-order valence-corrected chi connectivity index (χ0v) is 12.8. The third kappa shape index (κ3) is 6.28. The standard InChI is InChI=1S/C15H24ClNO2/c1-12(2)11-19-9-5-8-17-10-13-14(16)6-4-7-15(13)18-3/h4,6-7,12,17H,5,8-11H2,1-3H3. The summed E-state index contributed by atoms with van der Waals surface area (Å²) >= 11 is 6.16. The molecule has 0 unspecified atom stereocenters. The predicted molar refractivity (Wildman–Crippen MR) is 80.0 cm³/mol. The lowest BCUT2D eigenvalue weighted by Gasteiger charge is -2.11. The molecule has 0 fully saturated rings. The van der Waals surface area contributed by atoms with Gasteiger partial charge in [-0.1, -0.05) is 31.5 Å². The Labute approximate surface area is 121 Å². The van der Waals surface area contributed by atoms with Gasteiger partial charge in [0.2, 0.25) is 0 Å². The molecule has 3 nitrogen and oxygen atoms in total. The summed E-state index contributed by atoms with van der Waals surface area (Å²) in [6.07, 6.45) is 0.999. The fourth-order valence-electron chi connectivity index (χ4n) is 1.73. The van der Waals surface area contributed by atoms with Crippen LogP contribution in [0.2, 0.25) is 5.02 Å².